The van der Waals surface area contributed by atoms with Crippen LogP contribution in [0.4, 0.5) is 5.69 Å². The summed E-state index contributed by atoms with van der Waals surface area (Å²) in [6.07, 6.45) is 6.57. The van der Waals surface area contributed by atoms with Crippen molar-refractivity contribution < 1.29 is 24.2 Å². The Morgan fingerprint density at radius 1 is 1.24 bits per heavy atom. The van der Waals surface area contributed by atoms with Gasteiger partial charge in [-0.1, -0.05) is 48.5 Å². The third-order valence-electron chi connectivity index (χ3n) is 6.97. The third kappa shape index (κ3) is 6.53. The summed E-state index contributed by atoms with van der Waals surface area (Å²) in [7, 11) is 0. The van der Waals surface area contributed by atoms with Crippen LogP contribution in [-0.2, 0) is 32.0 Å². The molecule has 0 spiro atoms. The predicted molar refractivity (Wildman–Crippen MR) is 164 cm³/mol. The molecule has 2 aliphatic heterocycles. The molecular weight excluding hydrogens is 562 g/mol. The number of nitrogens with zero attached hydrogens (tertiary/aromatic N) is 2. The maximum atomic E-state index is 12.9. The van der Waals surface area contributed by atoms with Crippen molar-refractivity contribution in [2.24, 2.45) is 4.99 Å². The van der Waals surface area contributed by atoms with Gasteiger partial charge in [0.1, 0.15) is 22.9 Å². The summed E-state index contributed by atoms with van der Waals surface area (Å²) in [6, 6.07) is 12.9. The van der Waals surface area contributed by atoms with E-state index in [0.717, 1.165) is 47.9 Å². The minimum Gasteiger partial charge on any atom is -0.506 e. The number of aliphatic hydroxyl groups excluding tert-OH is 1. The number of hydrogen-bond acceptors (Lipinski definition) is 7. The number of esters is 1. The van der Waals surface area contributed by atoms with Crippen molar-refractivity contribution >= 4 is 62.9 Å². The molecule has 3 heterocycles. The number of thioether (sulfide) groups is 1. The quantitative estimate of drug-likeness (QED) is 0.281. The fraction of sp³-hybridized carbons (Fsp3) is 0.323. The van der Waals surface area contributed by atoms with E-state index < -0.39 is 5.97 Å². The van der Waals surface area contributed by atoms with Gasteiger partial charge < -0.3 is 24.5 Å². The molecule has 1 fully saturated rings. The van der Waals surface area contributed by atoms with Gasteiger partial charge in [0.25, 0.3) is 0 Å². The second-order valence-corrected chi connectivity index (χ2v) is 11.2. The summed E-state index contributed by atoms with van der Waals surface area (Å²) in [4.78, 5) is 30.8. The second kappa shape index (κ2) is 13.0. The number of aromatic nitrogens is 1. The van der Waals surface area contributed by atoms with Gasteiger partial charge in [-0.2, -0.15) is 0 Å². The van der Waals surface area contributed by atoms with Crippen LogP contribution in [0.5, 0.6) is 0 Å². The highest BCUT2D eigenvalue weighted by molar-refractivity contribution is 8.18. The molecule has 1 aromatic heterocycles. The van der Waals surface area contributed by atoms with E-state index in [1.165, 1.54) is 11.8 Å². The van der Waals surface area contributed by atoms with E-state index in [1.807, 2.05) is 29.0 Å². The maximum absolute atomic E-state index is 12.9. The molecule has 0 radical (unpaired) electrons. The number of amides is 1. The largest absolute Gasteiger partial charge is 0.506 e. The van der Waals surface area contributed by atoms with Crippen molar-refractivity contribution in [3.05, 3.63) is 81.0 Å². The Labute approximate surface area is 248 Å². The van der Waals surface area contributed by atoms with Gasteiger partial charge in [0.15, 0.2) is 0 Å². The van der Waals surface area contributed by atoms with Crippen LogP contribution in [0.25, 0.3) is 17.0 Å². The summed E-state index contributed by atoms with van der Waals surface area (Å²) < 4.78 is 12.8. The van der Waals surface area contributed by atoms with Gasteiger partial charge in [0.2, 0.25) is 5.91 Å². The highest BCUT2D eigenvalue weighted by Gasteiger charge is 2.33. The number of aliphatic hydroxyl groups is 1. The maximum Gasteiger partial charge on any atom is 0.344 e. The van der Waals surface area contributed by atoms with Gasteiger partial charge >= 0.3 is 5.97 Å². The van der Waals surface area contributed by atoms with Gasteiger partial charge in [-0.15, -0.1) is 0 Å². The predicted octanol–water partition coefficient (Wildman–Crippen LogP) is 6.35. The van der Waals surface area contributed by atoms with Crippen LogP contribution in [-0.4, -0.2) is 52.5 Å². The average Bonchev–Trinajstić information content (AvgIpc) is 3.68. The number of para-hydroxylation sites is 1. The molecule has 2 aliphatic rings. The zero-order chi connectivity index (χ0) is 28.9. The van der Waals surface area contributed by atoms with Crippen molar-refractivity contribution in [2.75, 3.05) is 19.8 Å². The van der Waals surface area contributed by atoms with Crippen LogP contribution in [0, 0.1) is 0 Å². The summed E-state index contributed by atoms with van der Waals surface area (Å²) in [5, 5.41) is 16.1. The molecule has 41 heavy (non-hydrogen) atoms. The lowest BCUT2D eigenvalue weighted by molar-refractivity contribution is -0.138. The molecule has 2 aromatic carbocycles. The molecule has 1 atom stereocenters. The number of carbonyl (C=O) groups is 2. The van der Waals surface area contributed by atoms with E-state index in [2.05, 4.69) is 23.3 Å². The zero-order valence-electron chi connectivity index (χ0n) is 23.0. The molecule has 3 aromatic rings. The van der Waals surface area contributed by atoms with Crippen LogP contribution in [0.2, 0.25) is 5.02 Å². The van der Waals surface area contributed by atoms with Crippen molar-refractivity contribution in [2.45, 2.75) is 45.8 Å². The number of hydrogen-bond donors (Lipinski definition) is 2. The van der Waals surface area contributed by atoms with Gasteiger partial charge in [0, 0.05) is 35.3 Å². The van der Waals surface area contributed by atoms with Crippen LogP contribution in [0.1, 0.15) is 37.8 Å². The number of nitrogens with one attached hydrogen (secondary N) is 1. The second-order valence-electron chi connectivity index (χ2n) is 9.77. The molecule has 0 saturated carbocycles. The minimum atomic E-state index is -0.646. The fourth-order valence-corrected chi connectivity index (χ4v) is 6.15. The van der Waals surface area contributed by atoms with Gasteiger partial charge in [-0.05, 0) is 62.1 Å². The number of aliphatic imine (C=N–C) groups is 1. The molecule has 2 N–H and O–H groups in total. The van der Waals surface area contributed by atoms with Crippen molar-refractivity contribution in [1.29, 1.82) is 0 Å². The molecule has 1 amide bonds. The Morgan fingerprint density at radius 3 is 2.76 bits per heavy atom. The van der Waals surface area contributed by atoms with Gasteiger partial charge in [-0.3, -0.25) is 4.79 Å². The number of rotatable bonds is 9. The SMILES string of the molecule is CCOC(=O)C1=C(O)/C(=C/c2cn(CC(=O)NC[C@@H]3CCCO3)c3c(CC)cccc23)SC1=Nc1ccc(Cl)cc1. The topological polar surface area (TPSA) is 102 Å². The molecule has 0 unspecified atom stereocenters. The zero-order valence-corrected chi connectivity index (χ0v) is 24.6. The van der Waals surface area contributed by atoms with Crippen molar-refractivity contribution in [1.82, 2.24) is 9.88 Å². The summed E-state index contributed by atoms with van der Waals surface area (Å²) in [5.74, 6) is -0.933. The highest BCUT2D eigenvalue weighted by atomic mass is 35.5. The number of halogens is 1. The molecular formula is C31H32ClN3O5S. The smallest absolute Gasteiger partial charge is 0.344 e. The minimum absolute atomic E-state index is 0.0181. The van der Waals surface area contributed by atoms with E-state index >= 15 is 0 Å². The van der Waals surface area contributed by atoms with E-state index in [4.69, 9.17) is 21.1 Å². The lowest BCUT2D eigenvalue weighted by atomic mass is 10.1. The third-order valence-corrected chi connectivity index (χ3v) is 8.24. The molecule has 0 aliphatic carbocycles. The lowest BCUT2D eigenvalue weighted by Gasteiger charge is -2.12. The summed E-state index contributed by atoms with van der Waals surface area (Å²) >= 11 is 7.21. The molecule has 214 valence electrons. The number of carbonyl (C=O) groups excluding carboxylic acids is 2. The van der Waals surface area contributed by atoms with E-state index in [0.29, 0.717) is 27.2 Å². The Morgan fingerprint density at radius 2 is 2.05 bits per heavy atom. The number of fused-ring (bicyclic) bond motifs is 1. The Bertz CT molecular complexity index is 1550. The monoisotopic (exact) mass is 593 g/mol. The Kier molecular flexibility index (Phi) is 9.17. The van der Waals surface area contributed by atoms with Crippen LogP contribution < -0.4 is 5.32 Å². The number of ether oxygens (including phenoxy) is 2. The van der Waals surface area contributed by atoms with Crippen LogP contribution in [0.15, 0.2) is 69.9 Å². The molecule has 8 nitrogen and oxygen atoms in total. The molecule has 10 heteroatoms. The van der Waals surface area contributed by atoms with Crippen LogP contribution in [0.3, 0.4) is 0 Å². The van der Waals surface area contributed by atoms with Crippen molar-refractivity contribution in [3.8, 4) is 0 Å². The fourth-order valence-electron chi connectivity index (χ4n) is 5.00. The van der Waals surface area contributed by atoms with Gasteiger partial charge in [0.05, 0.1) is 28.8 Å². The normalized spacial score (nSPS) is 19.0. The van der Waals surface area contributed by atoms with Crippen LogP contribution >= 0.6 is 23.4 Å². The summed E-state index contributed by atoms with van der Waals surface area (Å²) in [5.41, 5.74) is 3.49. The first-order chi connectivity index (χ1) is 19.9. The number of benzene rings is 2. The van der Waals surface area contributed by atoms with E-state index in [1.54, 1.807) is 31.2 Å². The first-order valence-electron chi connectivity index (χ1n) is 13.7. The Balaban J connectivity index is 1.50. The molecule has 5 rings (SSSR count). The Hall–Kier alpha value is -3.53. The average molecular weight is 594 g/mol. The number of aryl methyl sites for hydroxylation is 1. The van der Waals surface area contributed by atoms with E-state index in [-0.39, 0.29) is 36.5 Å². The van der Waals surface area contributed by atoms with Crippen molar-refractivity contribution in [3.63, 3.8) is 0 Å². The highest BCUT2D eigenvalue weighted by Crippen LogP contribution is 2.41. The summed E-state index contributed by atoms with van der Waals surface area (Å²) in [6.45, 7) is 5.34. The standard InChI is InChI=1S/C31H32ClN3O5S/c1-3-19-7-5-9-24-20(17-35(28(19)24)18-26(36)33-16-23-8-6-14-40-23)15-25-29(37)27(31(38)39-4-2)30(41-25)34-22-12-10-21(32)11-13-22/h5,7,9-13,15,17,23,37H,3-4,6,8,14,16,18H2,1-2H3,(H,33,36)/b25-15-,34-30?/t23-/m0/s1. The van der Waals surface area contributed by atoms with Gasteiger partial charge in [-0.25, -0.2) is 9.79 Å². The lowest BCUT2D eigenvalue weighted by Crippen LogP contribution is -2.34. The van der Waals surface area contributed by atoms with E-state index in [9.17, 15) is 14.7 Å². The molecule has 0 bridgehead atoms. The molecule has 1 saturated heterocycles. The first-order valence-corrected chi connectivity index (χ1v) is 14.9. The first kappa shape index (κ1) is 29.0.